The van der Waals surface area contributed by atoms with E-state index in [1.54, 1.807) is 0 Å². The number of rotatable bonds is 3. The van der Waals surface area contributed by atoms with Crippen LogP contribution in [0.4, 0.5) is 0 Å². The third-order valence-corrected chi connectivity index (χ3v) is 2.68. The second-order valence-corrected chi connectivity index (χ2v) is 4.05. The van der Waals surface area contributed by atoms with Crippen molar-refractivity contribution in [2.45, 2.75) is 25.5 Å². The van der Waals surface area contributed by atoms with Crippen molar-refractivity contribution >= 4 is 0 Å². The molecule has 0 saturated carbocycles. The van der Waals surface area contributed by atoms with E-state index in [0.29, 0.717) is 6.61 Å². The van der Waals surface area contributed by atoms with Gasteiger partial charge in [-0.25, -0.2) is 0 Å². The molecule has 1 aromatic rings. The van der Waals surface area contributed by atoms with Gasteiger partial charge in [0.15, 0.2) is 0 Å². The quantitative estimate of drug-likeness (QED) is 0.815. The number of hydrogen-bond acceptors (Lipinski definition) is 3. The molecule has 3 nitrogen and oxygen atoms in total. The maximum Gasteiger partial charge on any atom is 0.0935 e. The number of hydrogen-bond donors (Lipinski definition) is 1. The van der Waals surface area contributed by atoms with Crippen LogP contribution in [0.25, 0.3) is 0 Å². The van der Waals surface area contributed by atoms with Gasteiger partial charge in [0.25, 0.3) is 0 Å². The van der Waals surface area contributed by atoms with Crippen molar-refractivity contribution < 1.29 is 4.84 Å². The van der Waals surface area contributed by atoms with E-state index in [1.165, 1.54) is 5.56 Å². The van der Waals surface area contributed by atoms with Crippen LogP contribution < -0.4 is 5.73 Å². The summed E-state index contributed by atoms with van der Waals surface area (Å²) >= 11 is 0. The zero-order chi connectivity index (χ0) is 10.5. The number of piperidine rings is 1. The third kappa shape index (κ3) is 3.30. The highest BCUT2D eigenvalue weighted by Gasteiger charge is 2.16. The summed E-state index contributed by atoms with van der Waals surface area (Å²) in [5.74, 6) is 0. The molecule has 0 amide bonds. The van der Waals surface area contributed by atoms with Crippen LogP contribution in [-0.4, -0.2) is 24.2 Å². The van der Waals surface area contributed by atoms with E-state index in [-0.39, 0.29) is 6.04 Å². The lowest BCUT2D eigenvalue weighted by molar-refractivity contribution is -0.181. The van der Waals surface area contributed by atoms with Crippen LogP contribution in [0.3, 0.4) is 0 Å². The lowest BCUT2D eigenvalue weighted by Crippen LogP contribution is -2.42. The molecule has 3 heteroatoms. The first kappa shape index (κ1) is 10.6. The molecule has 1 fully saturated rings. The zero-order valence-electron chi connectivity index (χ0n) is 8.93. The van der Waals surface area contributed by atoms with Crippen LogP contribution in [0.1, 0.15) is 18.4 Å². The fourth-order valence-corrected chi connectivity index (χ4v) is 1.83. The van der Waals surface area contributed by atoms with Gasteiger partial charge in [-0.2, -0.15) is 5.06 Å². The van der Waals surface area contributed by atoms with Gasteiger partial charge in [-0.05, 0) is 18.4 Å². The first-order valence-corrected chi connectivity index (χ1v) is 5.52. The van der Waals surface area contributed by atoms with Crippen molar-refractivity contribution in [2.75, 3.05) is 13.1 Å². The van der Waals surface area contributed by atoms with Crippen LogP contribution in [0.15, 0.2) is 30.3 Å². The zero-order valence-corrected chi connectivity index (χ0v) is 8.93. The summed E-state index contributed by atoms with van der Waals surface area (Å²) in [4.78, 5) is 5.69. The van der Waals surface area contributed by atoms with Crippen LogP contribution in [0, 0.1) is 0 Å². The van der Waals surface area contributed by atoms with E-state index in [9.17, 15) is 0 Å². The van der Waals surface area contributed by atoms with Gasteiger partial charge in [0, 0.05) is 19.1 Å². The summed E-state index contributed by atoms with van der Waals surface area (Å²) < 4.78 is 0. The predicted octanol–water partition coefficient (Wildman–Crippen LogP) is 1.54. The molecule has 0 aromatic heterocycles. The Kier molecular flexibility index (Phi) is 3.72. The molecule has 15 heavy (non-hydrogen) atoms. The van der Waals surface area contributed by atoms with E-state index >= 15 is 0 Å². The molecule has 1 aliphatic heterocycles. The van der Waals surface area contributed by atoms with Crippen molar-refractivity contribution in [2.24, 2.45) is 5.73 Å². The first-order valence-electron chi connectivity index (χ1n) is 5.52. The van der Waals surface area contributed by atoms with E-state index in [1.807, 2.05) is 23.3 Å². The molecule has 1 atom stereocenters. The summed E-state index contributed by atoms with van der Waals surface area (Å²) in [7, 11) is 0. The van der Waals surface area contributed by atoms with Crippen LogP contribution in [0.5, 0.6) is 0 Å². The SMILES string of the molecule is NC1CCCN(OCc2ccccc2)C1. The van der Waals surface area contributed by atoms with E-state index in [4.69, 9.17) is 10.6 Å². The molecule has 0 radical (unpaired) electrons. The Bertz CT molecular complexity index is 289. The molecule has 2 rings (SSSR count). The van der Waals surface area contributed by atoms with Crippen molar-refractivity contribution in [1.29, 1.82) is 0 Å². The lowest BCUT2D eigenvalue weighted by Gasteiger charge is -2.29. The van der Waals surface area contributed by atoms with Crippen LogP contribution >= 0.6 is 0 Å². The number of nitrogens with two attached hydrogens (primary N) is 1. The van der Waals surface area contributed by atoms with Crippen molar-refractivity contribution in [3.63, 3.8) is 0 Å². The average Bonchev–Trinajstić information content (AvgIpc) is 2.28. The molecule has 0 aliphatic carbocycles. The topological polar surface area (TPSA) is 38.5 Å². The molecular formula is C12H18N2O. The van der Waals surface area contributed by atoms with Crippen molar-refractivity contribution in [3.8, 4) is 0 Å². The highest BCUT2D eigenvalue weighted by Crippen LogP contribution is 2.10. The lowest BCUT2D eigenvalue weighted by atomic mass is 10.1. The predicted molar refractivity (Wildman–Crippen MR) is 60.0 cm³/mol. The van der Waals surface area contributed by atoms with Gasteiger partial charge < -0.3 is 5.73 Å². The Labute approximate surface area is 90.8 Å². The summed E-state index contributed by atoms with van der Waals surface area (Å²) in [6.07, 6.45) is 2.25. The highest BCUT2D eigenvalue weighted by molar-refractivity contribution is 5.13. The fraction of sp³-hybridized carbons (Fsp3) is 0.500. The molecule has 1 unspecified atom stereocenters. The molecule has 0 bridgehead atoms. The van der Waals surface area contributed by atoms with Crippen molar-refractivity contribution in [1.82, 2.24) is 5.06 Å². The first-order chi connectivity index (χ1) is 7.34. The molecular weight excluding hydrogens is 188 g/mol. The van der Waals surface area contributed by atoms with E-state index in [2.05, 4.69) is 12.1 Å². The monoisotopic (exact) mass is 206 g/mol. The standard InChI is InChI=1S/C12H18N2O/c13-12-7-4-8-14(9-12)15-10-11-5-2-1-3-6-11/h1-3,5-6,12H,4,7-10,13H2. The summed E-state index contributed by atoms with van der Waals surface area (Å²) in [5, 5.41) is 1.99. The van der Waals surface area contributed by atoms with Gasteiger partial charge in [-0.1, -0.05) is 30.3 Å². The molecule has 1 heterocycles. The van der Waals surface area contributed by atoms with Crippen molar-refractivity contribution in [3.05, 3.63) is 35.9 Å². The maximum absolute atomic E-state index is 5.87. The van der Waals surface area contributed by atoms with Gasteiger partial charge in [-0.3, -0.25) is 4.84 Å². The average molecular weight is 206 g/mol. The summed E-state index contributed by atoms with van der Waals surface area (Å²) in [6, 6.07) is 10.5. The second-order valence-electron chi connectivity index (χ2n) is 4.05. The van der Waals surface area contributed by atoms with Gasteiger partial charge in [-0.15, -0.1) is 0 Å². The minimum Gasteiger partial charge on any atom is -0.326 e. The second kappa shape index (κ2) is 5.26. The largest absolute Gasteiger partial charge is 0.326 e. The Morgan fingerprint density at radius 2 is 2.13 bits per heavy atom. The minimum absolute atomic E-state index is 0.273. The van der Waals surface area contributed by atoms with E-state index in [0.717, 1.165) is 25.9 Å². The number of hydroxylamine groups is 2. The fourth-order valence-electron chi connectivity index (χ4n) is 1.83. The smallest absolute Gasteiger partial charge is 0.0935 e. The van der Waals surface area contributed by atoms with Crippen LogP contribution in [0.2, 0.25) is 0 Å². The normalized spacial score (nSPS) is 22.9. The van der Waals surface area contributed by atoms with Gasteiger partial charge in [0.05, 0.1) is 6.61 Å². The molecule has 2 N–H and O–H groups in total. The van der Waals surface area contributed by atoms with Crippen LogP contribution in [-0.2, 0) is 11.4 Å². The Balaban J connectivity index is 1.78. The number of nitrogens with zero attached hydrogens (tertiary/aromatic N) is 1. The molecule has 1 aromatic carbocycles. The number of benzene rings is 1. The Hall–Kier alpha value is -0.900. The molecule has 82 valence electrons. The maximum atomic E-state index is 5.87. The molecule has 1 aliphatic rings. The minimum atomic E-state index is 0.273. The molecule has 0 spiro atoms. The third-order valence-electron chi connectivity index (χ3n) is 2.68. The van der Waals surface area contributed by atoms with Gasteiger partial charge >= 0.3 is 0 Å². The van der Waals surface area contributed by atoms with Gasteiger partial charge in [0.1, 0.15) is 0 Å². The summed E-state index contributed by atoms with van der Waals surface area (Å²) in [5.41, 5.74) is 7.08. The summed E-state index contributed by atoms with van der Waals surface area (Å²) in [6.45, 7) is 2.50. The van der Waals surface area contributed by atoms with Gasteiger partial charge in [0.2, 0.25) is 0 Å². The highest BCUT2D eigenvalue weighted by atomic mass is 16.7. The molecule has 1 saturated heterocycles. The Morgan fingerprint density at radius 3 is 2.87 bits per heavy atom. The Morgan fingerprint density at radius 1 is 1.33 bits per heavy atom. The van der Waals surface area contributed by atoms with E-state index < -0.39 is 0 Å².